The van der Waals surface area contributed by atoms with Crippen LogP contribution in [0.5, 0.6) is 0 Å². The van der Waals surface area contributed by atoms with Crippen LogP contribution in [0, 0.1) is 12.1 Å². The van der Waals surface area contributed by atoms with E-state index in [2.05, 4.69) is 59.6 Å². The second kappa shape index (κ2) is 11.6. The van der Waals surface area contributed by atoms with Crippen LogP contribution in [0.4, 0.5) is 0 Å². The molecule has 0 aliphatic rings. The third-order valence-electron chi connectivity index (χ3n) is 5.08. The van der Waals surface area contributed by atoms with Crippen molar-refractivity contribution in [1.29, 1.82) is 0 Å². The molecule has 0 amide bonds. The molecule has 0 aliphatic heterocycles. The van der Waals surface area contributed by atoms with E-state index in [0.29, 0.717) is 0 Å². The predicted octanol–water partition coefficient (Wildman–Crippen LogP) is 7.98. The van der Waals surface area contributed by atoms with Crippen LogP contribution < -0.4 is 0 Å². The molecule has 34 heavy (non-hydrogen) atoms. The summed E-state index contributed by atoms with van der Waals surface area (Å²) in [7, 11) is 0. The Hall–Kier alpha value is -3.43. The smallest absolute Gasteiger partial charge is 0.113 e. The van der Waals surface area contributed by atoms with E-state index >= 15 is 0 Å². The van der Waals surface area contributed by atoms with Crippen molar-refractivity contribution in [3.63, 3.8) is 0 Å². The van der Waals surface area contributed by atoms with Gasteiger partial charge in [-0.1, -0.05) is 54.6 Å². The fraction of sp³-hybridized carbons (Fsp3) is 0. The minimum absolute atomic E-state index is 0. The van der Waals surface area contributed by atoms with E-state index in [1.807, 2.05) is 72.8 Å². The molecule has 3 heterocycles. The van der Waals surface area contributed by atoms with Crippen LogP contribution in [0.25, 0.3) is 43.2 Å². The van der Waals surface area contributed by atoms with Crippen molar-refractivity contribution in [1.82, 2.24) is 9.97 Å². The van der Waals surface area contributed by atoms with Crippen molar-refractivity contribution in [2.75, 3.05) is 0 Å². The van der Waals surface area contributed by atoms with Gasteiger partial charge in [0.15, 0.2) is 0 Å². The molecular weight excluding hydrogens is 613 g/mol. The molecule has 3 aromatic heterocycles. The monoisotopic (exact) mass is 633 g/mol. The van der Waals surface area contributed by atoms with Gasteiger partial charge in [-0.15, -0.1) is 83.1 Å². The Labute approximate surface area is 217 Å². The van der Waals surface area contributed by atoms with E-state index in [1.54, 1.807) is 17.5 Å². The summed E-state index contributed by atoms with van der Waals surface area (Å²) in [4.78, 5) is 11.3. The number of rotatable bonds is 3. The Morgan fingerprint density at radius 2 is 1.29 bits per heavy atom. The van der Waals surface area contributed by atoms with Crippen molar-refractivity contribution in [3.05, 3.63) is 134 Å². The van der Waals surface area contributed by atoms with E-state index in [-0.39, 0.29) is 20.1 Å². The van der Waals surface area contributed by atoms with E-state index in [1.165, 1.54) is 15.8 Å². The SMILES string of the molecule is [Ir].[c-]1ccccc1-c1ccc2cc(-c3ccccc3)sc2n1.[c-]1ccccc1-c1ccccn1. The Morgan fingerprint density at radius 1 is 0.618 bits per heavy atom. The number of pyridine rings is 2. The van der Waals surface area contributed by atoms with Crippen LogP contribution in [0.3, 0.4) is 0 Å². The van der Waals surface area contributed by atoms with Gasteiger partial charge in [0.2, 0.25) is 0 Å². The molecule has 0 N–H and O–H groups in total. The van der Waals surface area contributed by atoms with Crippen molar-refractivity contribution in [2.24, 2.45) is 0 Å². The standard InChI is InChI=1S/C19H12NS.C11H8N.Ir/c1-3-7-14(8-4-1)17-12-11-16-13-18(21-19(16)20-17)15-9-5-2-6-10-15;1-2-6-10(7-3-1)11-8-4-5-9-12-11;/h1-7,9-13H;1-6,8-9H;/q2*-1;. The van der Waals surface area contributed by atoms with Gasteiger partial charge in [-0.3, -0.25) is 4.98 Å². The number of fused-ring (bicyclic) bond motifs is 1. The molecule has 0 atom stereocenters. The maximum Gasteiger partial charge on any atom is 0.113 e. The molecule has 3 aromatic carbocycles. The largest absolute Gasteiger partial charge is 0.305 e. The van der Waals surface area contributed by atoms with Crippen molar-refractivity contribution in [3.8, 4) is 33.0 Å². The van der Waals surface area contributed by atoms with Crippen molar-refractivity contribution in [2.45, 2.75) is 0 Å². The average molecular weight is 633 g/mol. The van der Waals surface area contributed by atoms with E-state index in [9.17, 15) is 0 Å². The first-order valence-electron chi connectivity index (χ1n) is 10.7. The summed E-state index contributed by atoms with van der Waals surface area (Å²) in [6.07, 6.45) is 1.79. The number of benzene rings is 3. The van der Waals surface area contributed by atoms with Gasteiger partial charge in [0.25, 0.3) is 0 Å². The van der Waals surface area contributed by atoms with Gasteiger partial charge < -0.3 is 4.98 Å². The summed E-state index contributed by atoms with van der Waals surface area (Å²) >= 11 is 1.73. The molecule has 2 nitrogen and oxygen atoms in total. The topological polar surface area (TPSA) is 25.8 Å². The number of aromatic nitrogens is 2. The fourth-order valence-corrected chi connectivity index (χ4v) is 4.48. The summed E-state index contributed by atoms with van der Waals surface area (Å²) in [5, 5.41) is 1.19. The second-order valence-electron chi connectivity index (χ2n) is 7.34. The van der Waals surface area contributed by atoms with Gasteiger partial charge in [0.1, 0.15) is 4.83 Å². The molecule has 0 fully saturated rings. The van der Waals surface area contributed by atoms with Crippen LogP contribution in [-0.4, -0.2) is 9.97 Å². The van der Waals surface area contributed by atoms with Crippen LogP contribution in [0.2, 0.25) is 0 Å². The van der Waals surface area contributed by atoms with Crippen LogP contribution in [0.15, 0.2) is 121 Å². The molecule has 0 saturated heterocycles. The molecule has 1 radical (unpaired) electrons. The maximum absolute atomic E-state index is 4.78. The van der Waals surface area contributed by atoms with E-state index in [4.69, 9.17) is 4.98 Å². The molecule has 0 aliphatic carbocycles. The minimum atomic E-state index is 0. The molecule has 0 spiro atoms. The first-order valence-corrected chi connectivity index (χ1v) is 11.5. The quantitative estimate of drug-likeness (QED) is 0.185. The zero-order valence-electron chi connectivity index (χ0n) is 18.2. The maximum atomic E-state index is 4.78. The number of hydrogen-bond acceptors (Lipinski definition) is 3. The first kappa shape index (κ1) is 23.7. The second-order valence-corrected chi connectivity index (χ2v) is 8.37. The molecule has 6 aromatic rings. The zero-order valence-corrected chi connectivity index (χ0v) is 21.4. The summed E-state index contributed by atoms with van der Waals surface area (Å²) in [6, 6.07) is 44.9. The molecule has 167 valence electrons. The van der Waals surface area contributed by atoms with Crippen molar-refractivity contribution < 1.29 is 20.1 Å². The van der Waals surface area contributed by atoms with Crippen LogP contribution >= 0.6 is 11.3 Å². The van der Waals surface area contributed by atoms with Crippen molar-refractivity contribution >= 4 is 21.6 Å². The first-order chi connectivity index (χ1) is 16.4. The van der Waals surface area contributed by atoms with E-state index in [0.717, 1.165) is 27.3 Å². The Morgan fingerprint density at radius 3 is 1.94 bits per heavy atom. The molecule has 0 unspecified atom stereocenters. The van der Waals surface area contributed by atoms with Crippen LogP contribution in [0.1, 0.15) is 0 Å². The summed E-state index contributed by atoms with van der Waals surface area (Å²) < 4.78 is 0. The van der Waals surface area contributed by atoms with E-state index < -0.39 is 0 Å². The molecule has 0 bridgehead atoms. The van der Waals surface area contributed by atoms with Gasteiger partial charge in [-0.05, 0) is 29.1 Å². The predicted molar refractivity (Wildman–Crippen MR) is 138 cm³/mol. The minimum Gasteiger partial charge on any atom is -0.305 e. The summed E-state index contributed by atoms with van der Waals surface area (Å²) in [5.74, 6) is 0. The van der Waals surface area contributed by atoms with Gasteiger partial charge in [-0.2, -0.15) is 0 Å². The zero-order chi connectivity index (χ0) is 22.3. The third-order valence-corrected chi connectivity index (χ3v) is 6.17. The number of hydrogen-bond donors (Lipinski definition) is 0. The Balaban J connectivity index is 0.000000180. The molecule has 4 heteroatoms. The van der Waals surface area contributed by atoms with Gasteiger partial charge in [0.05, 0.1) is 0 Å². The number of thiophene rings is 1. The number of nitrogens with zero attached hydrogens (tertiary/aromatic N) is 2. The van der Waals surface area contributed by atoms with Crippen LogP contribution in [-0.2, 0) is 20.1 Å². The summed E-state index contributed by atoms with van der Waals surface area (Å²) in [5.41, 5.74) is 5.27. The average Bonchev–Trinajstić information content (AvgIpc) is 3.35. The summed E-state index contributed by atoms with van der Waals surface area (Å²) in [6.45, 7) is 0. The molecular formula is C30H20IrN2S-2. The Bertz CT molecular complexity index is 1360. The Kier molecular flexibility index (Phi) is 8.11. The van der Waals surface area contributed by atoms with Gasteiger partial charge >= 0.3 is 0 Å². The molecule has 6 rings (SSSR count). The molecule has 0 saturated carbocycles. The third kappa shape index (κ3) is 5.73. The van der Waals surface area contributed by atoms with Gasteiger partial charge in [0, 0.05) is 36.6 Å². The normalized spacial score (nSPS) is 10.1. The van der Waals surface area contributed by atoms with Gasteiger partial charge in [-0.25, -0.2) is 0 Å². The fourth-order valence-electron chi connectivity index (χ4n) is 3.44.